The molecule has 0 radical (unpaired) electrons. The molecule has 0 aliphatic carbocycles. The second-order valence-electron chi connectivity index (χ2n) is 6.99. The van der Waals surface area contributed by atoms with E-state index < -0.39 is 5.67 Å². The number of carbonyl (C=O) groups is 2. The van der Waals surface area contributed by atoms with Gasteiger partial charge in [0.1, 0.15) is 5.82 Å². The van der Waals surface area contributed by atoms with Gasteiger partial charge >= 0.3 is 0 Å². The molecular weight excluding hydrogens is 363 g/mol. The summed E-state index contributed by atoms with van der Waals surface area (Å²) in [4.78, 5) is 32.8. The molecule has 3 aromatic rings. The van der Waals surface area contributed by atoms with E-state index in [9.17, 15) is 9.59 Å². The van der Waals surface area contributed by atoms with Crippen molar-refractivity contribution in [3.63, 3.8) is 0 Å². The number of aryl methyl sites for hydroxylation is 1. The Labute approximate surface area is 160 Å². The molecule has 0 unspecified atom stereocenters. The van der Waals surface area contributed by atoms with Gasteiger partial charge in [0, 0.05) is 31.5 Å². The summed E-state index contributed by atoms with van der Waals surface area (Å²) in [6.45, 7) is 4.66. The number of hydrogen-bond acceptors (Lipinski definition) is 5. The molecule has 4 heterocycles. The second-order valence-corrected chi connectivity index (χ2v) is 6.99. The van der Waals surface area contributed by atoms with Gasteiger partial charge in [0.05, 0.1) is 30.0 Å². The van der Waals surface area contributed by atoms with Crippen molar-refractivity contribution in [2.45, 2.75) is 26.4 Å². The predicted molar refractivity (Wildman–Crippen MR) is 101 cm³/mol. The molecule has 0 atom stereocenters. The molecule has 1 aliphatic heterocycles. The van der Waals surface area contributed by atoms with E-state index in [1.54, 1.807) is 35.1 Å². The maximum atomic E-state index is 15.1. The Morgan fingerprint density at radius 3 is 2.68 bits per heavy atom. The lowest BCUT2D eigenvalue weighted by Crippen LogP contribution is -2.58. The van der Waals surface area contributed by atoms with Gasteiger partial charge in [-0.15, -0.1) is 0 Å². The minimum atomic E-state index is -1.66. The number of amides is 2. The standard InChI is InChI=1S/C19H19FN6O2/c1-11-14-8-21-17(22-12(2)27)7-15(14)26(24-11)18-6-4-5-16(23-18)19(20)9-25(10-19)13(3)28/h4-8H,9-10H2,1-3H3,(H,21,22,27). The molecule has 1 fully saturated rings. The summed E-state index contributed by atoms with van der Waals surface area (Å²) in [6, 6.07) is 6.77. The zero-order valence-corrected chi connectivity index (χ0v) is 15.7. The zero-order valence-electron chi connectivity index (χ0n) is 15.7. The number of hydrogen-bond donors (Lipinski definition) is 1. The Morgan fingerprint density at radius 1 is 1.25 bits per heavy atom. The van der Waals surface area contributed by atoms with E-state index in [0.29, 0.717) is 17.2 Å². The highest BCUT2D eigenvalue weighted by Gasteiger charge is 2.47. The fraction of sp³-hybridized carbons (Fsp3) is 0.316. The fourth-order valence-electron chi connectivity index (χ4n) is 3.31. The summed E-state index contributed by atoms with van der Waals surface area (Å²) in [6.07, 6.45) is 1.64. The normalized spacial score (nSPS) is 15.4. The first-order valence-electron chi connectivity index (χ1n) is 8.82. The van der Waals surface area contributed by atoms with Crippen molar-refractivity contribution in [1.29, 1.82) is 0 Å². The number of likely N-dealkylation sites (tertiary alicyclic amines) is 1. The van der Waals surface area contributed by atoms with Crippen LogP contribution in [-0.4, -0.2) is 49.6 Å². The van der Waals surface area contributed by atoms with Gasteiger partial charge < -0.3 is 10.2 Å². The topological polar surface area (TPSA) is 93.0 Å². The summed E-state index contributed by atoms with van der Waals surface area (Å²) in [5, 5.41) is 7.96. The van der Waals surface area contributed by atoms with Crippen molar-refractivity contribution in [2.75, 3.05) is 18.4 Å². The van der Waals surface area contributed by atoms with Crippen LogP contribution in [0.3, 0.4) is 0 Å². The van der Waals surface area contributed by atoms with E-state index in [2.05, 4.69) is 20.4 Å². The van der Waals surface area contributed by atoms with Crippen LogP contribution in [-0.2, 0) is 15.3 Å². The van der Waals surface area contributed by atoms with Crippen molar-refractivity contribution in [2.24, 2.45) is 0 Å². The SMILES string of the molecule is CC(=O)Nc1cc2c(cn1)c(C)nn2-c1cccc(C2(F)CN(C(C)=O)C2)n1. The largest absolute Gasteiger partial charge is 0.336 e. The molecule has 0 bridgehead atoms. The quantitative estimate of drug-likeness (QED) is 0.749. The highest BCUT2D eigenvalue weighted by Crippen LogP contribution is 2.35. The Bertz CT molecular complexity index is 1100. The molecule has 3 aromatic heterocycles. The average Bonchev–Trinajstić information content (AvgIpc) is 2.94. The first-order chi connectivity index (χ1) is 13.3. The summed E-state index contributed by atoms with van der Waals surface area (Å²) >= 11 is 0. The number of carbonyl (C=O) groups excluding carboxylic acids is 2. The van der Waals surface area contributed by atoms with Gasteiger partial charge in [-0.1, -0.05) is 6.07 Å². The molecule has 1 N–H and O–H groups in total. The van der Waals surface area contributed by atoms with Gasteiger partial charge in [0.15, 0.2) is 11.5 Å². The van der Waals surface area contributed by atoms with Gasteiger partial charge in [-0.3, -0.25) is 9.59 Å². The van der Waals surface area contributed by atoms with Crippen molar-refractivity contribution in [3.05, 3.63) is 41.9 Å². The van der Waals surface area contributed by atoms with Crippen LogP contribution in [0.25, 0.3) is 16.7 Å². The van der Waals surface area contributed by atoms with Gasteiger partial charge in [-0.2, -0.15) is 5.10 Å². The predicted octanol–water partition coefficient (Wildman–Crippen LogP) is 2.11. The Kier molecular flexibility index (Phi) is 4.10. The van der Waals surface area contributed by atoms with Crippen molar-refractivity contribution in [1.82, 2.24) is 24.6 Å². The molecule has 1 saturated heterocycles. The number of halogens is 1. The van der Waals surface area contributed by atoms with E-state index >= 15 is 4.39 Å². The van der Waals surface area contributed by atoms with E-state index in [0.717, 1.165) is 11.1 Å². The average molecular weight is 382 g/mol. The molecule has 0 aromatic carbocycles. The highest BCUT2D eigenvalue weighted by atomic mass is 19.1. The van der Waals surface area contributed by atoms with Crippen LogP contribution in [0, 0.1) is 6.92 Å². The van der Waals surface area contributed by atoms with Crippen LogP contribution >= 0.6 is 0 Å². The van der Waals surface area contributed by atoms with Crippen LogP contribution in [0.15, 0.2) is 30.5 Å². The first kappa shape index (κ1) is 18.0. The van der Waals surface area contributed by atoms with Crippen LogP contribution in [0.2, 0.25) is 0 Å². The monoisotopic (exact) mass is 382 g/mol. The molecule has 0 saturated carbocycles. The third-order valence-corrected chi connectivity index (χ3v) is 4.79. The van der Waals surface area contributed by atoms with E-state index in [-0.39, 0.29) is 30.6 Å². The minimum absolute atomic E-state index is 0.00569. The number of aromatic nitrogens is 4. The molecule has 144 valence electrons. The van der Waals surface area contributed by atoms with Crippen LogP contribution < -0.4 is 5.32 Å². The summed E-state index contributed by atoms with van der Waals surface area (Å²) in [5.41, 5.74) is 0.0425. The van der Waals surface area contributed by atoms with Gasteiger partial charge in [0.2, 0.25) is 11.8 Å². The summed E-state index contributed by atoms with van der Waals surface area (Å²) in [7, 11) is 0. The number of fused-ring (bicyclic) bond motifs is 1. The van der Waals surface area contributed by atoms with Crippen LogP contribution in [0.1, 0.15) is 25.2 Å². The maximum absolute atomic E-state index is 15.1. The van der Waals surface area contributed by atoms with Crippen molar-refractivity contribution in [3.8, 4) is 5.82 Å². The van der Waals surface area contributed by atoms with Gasteiger partial charge in [-0.25, -0.2) is 19.0 Å². The lowest BCUT2D eigenvalue weighted by Gasteiger charge is -2.43. The number of anilines is 1. The third kappa shape index (κ3) is 2.98. The maximum Gasteiger partial charge on any atom is 0.222 e. The fourth-order valence-corrected chi connectivity index (χ4v) is 3.31. The Morgan fingerprint density at radius 2 is 2.00 bits per heavy atom. The molecular formula is C19H19FN6O2. The van der Waals surface area contributed by atoms with Gasteiger partial charge in [-0.05, 0) is 19.1 Å². The van der Waals surface area contributed by atoms with Gasteiger partial charge in [0.25, 0.3) is 0 Å². The lowest BCUT2D eigenvalue weighted by molar-refractivity contribution is -0.144. The number of pyridine rings is 2. The third-order valence-electron chi connectivity index (χ3n) is 4.79. The Balaban J connectivity index is 1.74. The number of rotatable bonds is 3. The highest BCUT2D eigenvalue weighted by molar-refractivity contribution is 5.91. The van der Waals surface area contributed by atoms with E-state index in [1.165, 1.54) is 18.7 Å². The molecule has 0 spiro atoms. The van der Waals surface area contributed by atoms with Crippen LogP contribution in [0.4, 0.5) is 10.2 Å². The molecule has 1 aliphatic rings. The molecule has 2 amide bonds. The molecule has 8 nitrogen and oxygen atoms in total. The van der Waals surface area contributed by atoms with E-state index in [4.69, 9.17) is 0 Å². The second kappa shape index (κ2) is 6.36. The molecule has 9 heteroatoms. The molecule has 28 heavy (non-hydrogen) atoms. The number of alkyl halides is 1. The van der Waals surface area contributed by atoms with Crippen molar-refractivity contribution < 1.29 is 14.0 Å². The summed E-state index contributed by atoms with van der Waals surface area (Å²) < 4.78 is 16.7. The summed E-state index contributed by atoms with van der Waals surface area (Å²) in [5.74, 6) is 0.467. The lowest BCUT2D eigenvalue weighted by atomic mass is 9.92. The number of nitrogens with one attached hydrogen (secondary N) is 1. The first-order valence-corrected chi connectivity index (χ1v) is 8.82. The smallest absolute Gasteiger partial charge is 0.222 e. The minimum Gasteiger partial charge on any atom is -0.336 e. The van der Waals surface area contributed by atoms with Crippen LogP contribution in [0.5, 0.6) is 0 Å². The Hall–Kier alpha value is -3.36. The zero-order chi connectivity index (χ0) is 20.1. The molecule has 4 rings (SSSR count). The van der Waals surface area contributed by atoms with E-state index in [1.807, 2.05) is 6.92 Å². The number of nitrogens with zero attached hydrogens (tertiary/aromatic N) is 5. The van der Waals surface area contributed by atoms with Crippen molar-refractivity contribution >= 4 is 28.5 Å².